The summed E-state index contributed by atoms with van der Waals surface area (Å²) in [5, 5.41) is 9.66. The maximum absolute atomic E-state index is 11.1. The highest BCUT2D eigenvalue weighted by Gasteiger charge is 2.18. The molecule has 0 heterocycles. The Labute approximate surface area is 173 Å². The Morgan fingerprint density at radius 2 is 1.50 bits per heavy atom. The van der Waals surface area contributed by atoms with Crippen molar-refractivity contribution in [3.8, 4) is 5.75 Å². The molecule has 0 saturated heterocycles. The molecule has 0 radical (unpaired) electrons. The van der Waals surface area contributed by atoms with Crippen molar-refractivity contribution >= 4 is 42.4 Å². The Morgan fingerprint density at radius 1 is 0.933 bits per heavy atom. The lowest BCUT2D eigenvalue weighted by molar-refractivity contribution is 0.271. The summed E-state index contributed by atoms with van der Waals surface area (Å²) in [7, 11) is -7.54. The Bertz CT molecular complexity index is 1220. The van der Waals surface area contributed by atoms with Gasteiger partial charge in [0.15, 0.2) is 0 Å². The first-order chi connectivity index (χ1) is 13.8. The average molecular weight is 456 g/mol. The summed E-state index contributed by atoms with van der Waals surface area (Å²) in [5.74, 6) is -0.547. The van der Waals surface area contributed by atoms with Crippen LogP contribution in [0.5, 0.6) is 5.75 Å². The first-order valence-electron chi connectivity index (χ1n) is 8.20. The lowest BCUT2D eigenvalue weighted by Gasteiger charge is -2.08. The summed E-state index contributed by atoms with van der Waals surface area (Å²) < 4.78 is 62.1. The van der Waals surface area contributed by atoms with E-state index in [-0.39, 0.29) is 16.5 Å². The topological polar surface area (TPSA) is 176 Å². The first kappa shape index (κ1) is 23.4. The van der Waals surface area contributed by atoms with Gasteiger partial charge in [-0.3, -0.25) is 19.4 Å². The summed E-state index contributed by atoms with van der Waals surface area (Å²) in [5.41, 5.74) is 10.4. The van der Waals surface area contributed by atoms with Gasteiger partial charge in [-0.05, 0) is 48.2 Å². The summed E-state index contributed by atoms with van der Waals surface area (Å²) in [6, 6.07) is 11.5. The molecule has 10 nitrogen and oxygen atoms in total. The SMILES string of the molecule is CONc1cccc(C)c1.Nc1cc(S(=O)(=O)O)cc2cc(S(=O)(=O)O)cc(O)c12. The van der Waals surface area contributed by atoms with Crippen LogP contribution in [-0.2, 0) is 25.1 Å². The fourth-order valence-electron chi connectivity index (χ4n) is 2.59. The van der Waals surface area contributed by atoms with Gasteiger partial charge in [-0.25, -0.2) is 0 Å². The van der Waals surface area contributed by atoms with Gasteiger partial charge in [0.1, 0.15) is 5.75 Å². The molecule has 0 aliphatic carbocycles. The number of anilines is 2. The summed E-state index contributed by atoms with van der Waals surface area (Å²) in [6.45, 7) is 2.04. The van der Waals surface area contributed by atoms with Crippen LogP contribution < -0.4 is 11.2 Å². The fraction of sp³-hybridized carbons (Fsp3) is 0.111. The molecule has 3 aromatic rings. The molecule has 0 saturated carbocycles. The van der Waals surface area contributed by atoms with E-state index in [0.717, 1.165) is 30.0 Å². The average Bonchev–Trinajstić information content (AvgIpc) is 2.60. The highest BCUT2D eigenvalue weighted by Crippen LogP contribution is 2.34. The number of fused-ring (bicyclic) bond motifs is 1. The number of hydrogen-bond donors (Lipinski definition) is 5. The third kappa shape index (κ3) is 5.81. The second-order valence-corrected chi connectivity index (χ2v) is 9.02. The Morgan fingerprint density at radius 3 is 2.00 bits per heavy atom. The van der Waals surface area contributed by atoms with E-state index < -0.39 is 35.8 Å². The summed E-state index contributed by atoms with van der Waals surface area (Å²) >= 11 is 0. The number of phenolic OH excluding ortho intramolecular Hbond substituents is 1. The second-order valence-electron chi connectivity index (χ2n) is 6.18. The Kier molecular flexibility index (Phi) is 6.90. The van der Waals surface area contributed by atoms with Gasteiger partial charge in [0, 0.05) is 17.1 Å². The number of rotatable bonds is 4. The zero-order valence-electron chi connectivity index (χ0n) is 15.9. The number of nitrogens with two attached hydrogens (primary N) is 1. The number of nitrogens with one attached hydrogen (secondary N) is 1. The van der Waals surface area contributed by atoms with Gasteiger partial charge < -0.3 is 10.8 Å². The smallest absolute Gasteiger partial charge is 0.294 e. The molecule has 0 fully saturated rings. The van der Waals surface area contributed by atoms with Crippen molar-refractivity contribution in [1.82, 2.24) is 0 Å². The molecule has 0 aromatic heterocycles. The van der Waals surface area contributed by atoms with Crippen LogP contribution in [0, 0.1) is 6.92 Å². The molecule has 162 valence electrons. The number of benzene rings is 3. The van der Waals surface area contributed by atoms with Gasteiger partial charge in [-0.15, -0.1) is 0 Å². The molecular formula is C18H20N2O8S2. The molecule has 0 unspecified atom stereocenters. The highest BCUT2D eigenvalue weighted by atomic mass is 32.2. The van der Waals surface area contributed by atoms with Crippen molar-refractivity contribution in [2.45, 2.75) is 16.7 Å². The molecule has 0 amide bonds. The number of aryl methyl sites for hydroxylation is 1. The fourth-order valence-corrected chi connectivity index (χ4v) is 3.68. The molecular weight excluding hydrogens is 436 g/mol. The van der Waals surface area contributed by atoms with Gasteiger partial charge in [-0.2, -0.15) is 16.8 Å². The Hall–Kier alpha value is -2.90. The molecule has 0 spiro atoms. The van der Waals surface area contributed by atoms with Gasteiger partial charge >= 0.3 is 0 Å². The van der Waals surface area contributed by atoms with E-state index in [1.165, 1.54) is 5.56 Å². The van der Waals surface area contributed by atoms with Crippen LogP contribution in [-0.4, -0.2) is 38.2 Å². The highest BCUT2D eigenvalue weighted by molar-refractivity contribution is 7.86. The van der Waals surface area contributed by atoms with Crippen molar-refractivity contribution in [3.63, 3.8) is 0 Å². The maximum Gasteiger partial charge on any atom is 0.294 e. The minimum absolute atomic E-state index is 0.00444. The zero-order valence-corrected chi connectivity index (χ0v) is 17.5. The molecule has 0 aliphatic rings. The normalized spacial score (nSPS) is 11.6. The van der Waals surface area contributed by atoms with E-state index in [0.29, 0.717) is 0 Å². The quantitative estimate of drug-likeness (QED) is 0.223. The van der Waals surface area contributed by atoms with Crippen molar-refractivity contribution in [3.05, 3.63) is 54.1 Å². The number of nitrogen functional groups attached to an aromatic ring is 1. The minimum Gasteiger partial charge on any atom is -0.507 e. The number of hydrogen-bond acceptors (Lipinski definition) is 8. The Balaban J connectivity index is 0.000000269. The van der Waals surface area contributed by atoms with Crippen LogP contribution >= 0.6 is 0 Å². The monoisotopic (exact) mass is 456 g/mol. The predicted molar refractivity (Wildman–Crippen MR) is 111 cm³/mol. The third-order valence-corrected chi connectivity index (χ3v) is 5.50. The van der Waals surface area contributed by atoms with Crippen LogP contribution in [0.4, 0.5) is 11.4 Å². The lowest BCUT2D eigenvalue weighted by Crippen LogP contribution is -2.02. The molecule has 0 aliphatic heterocycles. The van der Waals surface area contributed by atoms with Crippen LogP contribution in [0.25, 0.3) is 10.8 Å². The van der Waals surface area contributed by atoms with E-state index in [1.54, 1.807) is 7.11 Å². The van der Waals surface area contributed by atoms with Crippen molar-refractivity contribution < 1.29 is 35.9 Å². The van der Waals surface area contributed by atoms with Crippen molar-refractivity contribution in [1.29, 1.82) is 0 Å². The van der Waals surface area contributed by atoms with E-state index in [2.05, 4.69) is 5.48 Å². The molecule has 3 rings (SSSR count). The molecule has 3 aromatic carbocycles. The molecule has 0 bridgehead atoms. The van der Waals surface area contributed by atoms with Gasteiger partial charge in [-0.1, -0.05) is 12.1 Å². The lowest BCUT2D eigenvalue weighted by atomic mass is 10.1. The van der Waals surface area contributed by atoms with Crippen molar-refractivity contribution in [2.24, 2.45) is 0 Å². The maximum atomic E-state index is 11.1. The third-order valence-electron chi connectivity index (χ3n) is 3.84. The first-order valence-corrected chi connectivity index (χ1v) is 11.1. The largest absolute Gasteiger partial charge is 0.507 e. The van der Waals surface area contributed by atoms with Crippen LogP contribution in [0.15, 0.2) is 58.3 Å². The van der Waals surface area contributed by atoms with Gasteiger partial charge in [0.05, 0.1) is 22.6 Å². The molecule has 0 atom stereocenters. The van der Waals surface area contributed by atoms with E-state index in [1.807, 2.05) is 31.2 Å². The van der Waals surface area contributed by atoms with E-state index >= 15 is 0 Å². The number of phenols is 1. The number of aromatic hydroxyl groups is 1. The minimum atomic E-state index is -4.59. The summed E-state index contributed by atoms with van der Waals surface area (Å²) in [6.07, 6.45) is 0. The van der Waals surface area contributed by atoms with Gasteiger partial charge in [0.2, 0.25) is 0 Å². The predicted octanol–water partition coefficient (Wildman–Crippen LogP) is 2.59. The zero-order chi connectivity index (χ0) is 22.7. The van der Waals surface area contributed by atoms with Crippen LogP contribution in [0.2, 0.25) is 0 Å². The van der Waals surface area contributed by atoms with E-state index in [9.17, 15) is 21.9 Å². The van der Waals surface area contributed by atoms with Crippen molar-refractivity contribution in [2.75, 3.05) is 18.3 Å². The van der Waals surface area contributed by atoms with Crippen LogP contribution in [0.1, 0.15) is 5.56 Å². The molecule has 12 heteroatoms. The van der Waals surface area contributed by atoms with Crippen LogP contribution in [0.3, 0.4) is 0 Å². The molecule has 6 N–H and O–H groups in total. The van der Waals surface area contributed by atoms with E-state index in [4.69, 9.17) is 19.7 Å². The summed E-state index contributed by atoms with van der Waals surface area (Å²) in [4.78, 5) is 3.54. The van der Waals surface area contributed by atoms with Gasteiger partial charge in [0.25, 0.3) is 20.2 Å². The molecule has 30 heavy (non-hydrogen) atoms. The second kappa shape index (κ2) is 8.85. The standard InChI is InChI=1S/C10H9NO7S2.C8H11NO/c11-8-3-6(19(13,14)15)1-5-2-7(20(16,17)18)4-9(12)10(5)8;1-7-4-3-5-8(6-7)9-10-2/h1-4,12H,11H2,(H,13,14,15)(H,16,17,18);3-6,9H,1-2H3.